The van der Waals surface area contributed by atoms with E-state index < -0.39 is 5.41 Å². The fourth-order valence-corrected chi connectivity index (χ4v) is 5.10. The predicted molar refractivity (Wildman–Crippen MR) is 152 cm³/mol. The first kappa shape index (κ1) is 31.1. The van der Waals surface area contributed by atoms with Crippen molar-refractivity contribution in [2.75, 3.05) is 55.7 Å². The van der Waals surface area contributed by atoms with Crippen LogP contribution in [0.4, 0.5) is 0 Å². The van der Waals surface area contributed by atoms with Crippen LogP contribution in [0, 0.1) is 17.2 Å². The van der Waals surface area contributed by atoms with Gasteiger partial charge in [-0.15, -0.1) is 0 Å². The van der Waals surface area contributed by atoms with Crippen LogP contribution in [-0.2, 0) is 18.3 Å². The highest BCUT2D eigenvalue weighted by Crippen LogP contribution is 2.45. The number of likely N-dealkylation sites (N-methyl/N-ethyl adjacent to an activating group) is 1. The molecule has 0 aliphatic carbocycles. The fraction of sp³-hybridized carbons (Fsp3) is 0.581. The van der Waals surface area contributed by atoms with Gasteiger partial charge < -0.3 is 28.6 Å². The molecule has 0 aromatic heterocycles. The first-order valence-electron chi connectivity index (χ1n) is 13.4. The number of benzene rings is 2. The molecule has 210 valence electrons. The van der Waals surface area contributed by atoms with Crippen molar-refractivity contribution >= 4 is 0 Å². The Morgan fingerprint density at radius 3 is 1.74 bits per heavy atom. The number of aryl methyl sites for hydroxylation is 1. The molecule has 0 amide bonds. The summed E-state index contributed by atoms with van der Waals surface area (Å²) in [6, 6.07) is 10.7. The first-order chi connectivity index (χ1) is 18.2. The molecule has 38 heavy (non-hydrogen) atoms. The summed E-state index contributed by atoms with van der Waals surface area (Å²) >= 11 is 0. The van der Waals surface area contributed by atoms with E-state index in [0.29, 0.717) is 17.2 Å². The lowest BCUT2D eigenvalue weighted by molar-refractivity contribution is 0.290. The number of nitriles is 1. The average molecular weight is 527 g/mol. The Labute approximate surface area is 229 Å². The zero-order valence-corrected chi connectivity index (χ0v) is 24.8. The second-order valence-electron chi connectivity index (χ2n) is 10.0. The molecule has 2 aromatic rings. The summed E-state index contributed by atoms with van der Waals surface area (Å²) in [6.07, 6.45) is 4.61. The molecule has 2 aromatic carbocycles. The van der Waals surface area contributed by atoms with E-state index in [4.69, 9.17) is 23.7 Å². The molecule has 0 saturated carbocycles. The Hall–Kier alpha value is -3.11. The summed E-state index contributed by atoms with van der Waals surface area (Å²) in [5, 5.41) is 10.4. The molecule has 1 unspecified atom stereocenters. The van der Waals surface area contributed by atoms with Crippen molar-refractivity contribution in [2.45, 2.75) is 58.3 Å². The van der Waals surface area contributed by atoms with E-state index in [1.807, 2.05) is 12.1 Å². The molecule has 7 heteroatoms. The van der Waals surface area contributed by atoms with E-state index in [0.717, 1.165) is 62.3 Å². The number of rotatable bonds is 16. The third kappa shape index (κ3) is 7.05. The summed E-state index contributed by atoms with van der Waals surface area (Å²) in [6.45, 7) is 8.19. The van der Waals surface area contributed by atoms with Gasteiger partial charge in [0.15, 0.2) is 23.0 Å². The van der Waals surface area contributed by atoms with E-state index in [-0.39, 0.29) is 5.92 Å². The molecule has 1 atom stereocenters. The molecule has 0 N–H and O–H groups in total. The molecular weight excluding hydrogens is 480 g/mol. The van der Waals surface area contributed by atoms with Crippen LogP contribution >= 0.6 is 0 Å². The Balaban J connectivity index is 2.17. The van der Waals surface area contributed by atoms with Crippen LogP contribution in [0.15, 0.2) is 24.3 Å². The number of hydrogen-bond donors (Lipinski definition) is 0. The van der Waals surface area contributed by atoms with Crippen molar-refractivity contribution in [3.63, 3.8) is 0 Å². The van der Waals surface area contributed by atoms with Crippen molar-refractivity contribution in [2.24, 2.45) is 5.92 Å². The van der Waals surface area contributed by atoms with Crippen LogP contribution in [0.5, 0.6) is 28.7 Å². The number of methoxy groups -OCH3 is 5. The van der Waals surface area contributed by atoms with Crippen molar-refractivity contribution < 1.29 is 23.7 Å². The number of hydrogen-bond acceptors (Lipinski definition) is 7. The molecule has 0 fully saturated rings. The summed E-state index contributed by atoms with van der Waals surface area (Å²) in [5.74, 6) is 3.32. The van der Waals surface area contributed by atoms with Gasteiger partial charge in [0.2, 0.25) is 5.75 Å². The highest BCUT2D eigenvalue weighted by molar-refractivity contribution is 5.56. The lowest BCUT2D eigenvalue weighted by atomic mass is 9.69. The van der Waals surface area contributed by atoms with Crippen LogP contribution in [-0.4, -0.2) is 60.6 Å². The smallest absolute Gasteiger partial charge is 0.203 e. The normalized spacial score (nSPS) is 12.7. The first-order valence-corrected chi connectivity index (χ1v) is 13.4. The van der Waals surface area contributed by atoms with Gasteiger partial charge in [-0.25, -0.2) is 0 Å². The molecule has 0 heterocycles. The molecular formula is C31H46N2O5. The Morgan fingerprint density at radius 1 is 0.789 bits per heavy atom. The molecule has 0 spiro atoms. The minimum Gasteiger partial charge on any atom is -0.493 e. The minimum atomic E-state index is -0.675. The third-order valence-electron chi connectivity index (χ3n) is 7.46. The topological polar surface area (TPSA) is 73.2 Å². The van der Waals surface area contributed by atoms with Gasteiger partial charge in [-0.05, 0) is 86.1 Å². The predicted octanol–water partition coefficient (Wildman–Crippen LogP) is 6.05. The Morgan fingerprint density at radius 2 is 1.32 bits per heavy atom. The van der Waals surface area contributed by atoms with Crippen LogP contribution in [0.1, 0.15) is 56.7 Å². The highest BCUT2D eigenvalue weighted by atomic mass is 16.5. The van der Waals surface area contributed by atoms with Gasteiger partial charge in [0.1, 0.15) is 0 Å². The van der Waals surface area contributed by atoms with E-state index in [1.165, 1.54) is 11.1 Å². The largest absolute Gasteiger partial charge is 0.493 e. The lowest BCUT2D eigenvalue weighted by Crippen LogP contribution is -2.32. The Bertz CT molecular complexity index is 1050. The second kappa shape index (κ2) is 14.7. The third-order valence-corrected chi connectivity index (χ3v) is 7.46. The molecule has 0 aliphatic rings. The molecule has 0 radical (unpaired) electrons. The SMILES string of the molecule is CCCc1cc(OC)c(OC)cc1CCN(C)CCCC(C#N)(c1cc(OC)c(OC)c(OC)c1)C(C)C. The van der Waals surface area contributed by atoms with E-state index in [2.05, 4.69) is 50.9 Å². The van der Waals surface area contributed by atoms with Crippen LogP contribution in [0.3, 0.4) is 0 Å². The zero-order valence-electron chi connectivity index (χ0n) is 24.8. The zero-order chi connectivity index (χ0) is 28.3. The van der Waals surface area contributed by atoms with Crippen molar-refractivity contribution in [3.05, 3.63) is 41.0 Å². The molecule has 0 aliphatic heterocycles. The standard InChI is InChI=1S/C31H46N2O5/c1-10-12-23-17-26(34-5)27(35-6)18-24(23)13-16-33(4)15-11-14-31(21-32,22(2)3)25-19-28(36-7)30(38-9)29(20-25)37-8/h17-20,22H,10-16H2,1-9H3. The van der Waals surface area contributed by atoms with Crippen LogP contribution < -0.4 is 23.7 Å². The summed E-state index contributed by atoms with van der Waals surface area (Å²) in [4.78, 5) is 2.34. The maximum Gasteiger partial charge on any atom is 0.203 e. The van der Waals surface area contributed by atoms with Gasteiger partial charge in [0.25, 0.3) is 0 Å². The molecule has 0 bridgehead atoms. The van der Waals surface area contributed by atoms with Gasteiger partial charge in [-0.3, -0.25) is 0 Å². The monoisotopic (exact) mass is 526 g/mol. The number of ether oxygens (including phenoxy) is 5. The summed E-state index contributed by atoms with van der Waals surface area (Å²) < 4.78 is 27.7. The second-order valence-corrected chi connectivity index (χ2v) is 10.0. The lowest BCUT2D eigenvalue weighted by Gasteiger charge is -2.33. The van der Waals surface area contributed by atoms with Gasteiger partial charge in [-0.1, -0.05) is 27.2 Å². The van der Waals surface area contributed by atoms with Gasteiger partial charge in [0.05, 0.1) is 47.0 Å². The maximum absolute atomic E-state index is 10.4. The van der Waals surface area contributed by atoms with Crippen LogP contribution in [0.25, 0.3) is 0 Å². The van der Waals surface area contributed by atoms with Crippen LogP contribution in [0.2, 0.25) is 0 Å². The van der Waals surface area contributed by atoms with Crippen molar-refractivity contribution in [3.8, 4) is 34.8 Å². The van der Waals surface area contributed by atoms with Crippen molar-refractivity contribution in [1.82, 2.24) is 4.90 Å². The maximum atomic E-state index is 10.4. The molecule has 0 saturated heterocycles. The number of nitrogens with zero attached hydrogens (tertiary/aromatic N) is 2. The fourth-order valence-electron chi connectivity index (χ4n) is 5.10. The van der Waals surface area contributed by atoms with E-state index >= 15 is 0 Å². The quantitative estimate of drug-likeness (QED) is 0.263. The Kier molecular flexibility index (Phi) is 12.1. The minimum absolute atomic E-state index is 0.101. The summed E-state index contributed by atoms with van der Waals surface area (Å²) in [7, 11) is 10.3. The van der Waals surface area contributed by atoms with Gasteiger partial charge in [0, 0.05) is 6.54 Å². The van der Waals surface area contributed by atoms with Gasteiger partial charge >= 0.3 is 0 Å². The van der Waals surface area contributed by atoms with E-state index in [9.17, 15) is 5.26 Å². The van der Waals surface area contributed by atoms with Gasteiger partial charge in [-0.2, -0.15) is 5.26 Å². The average Bonchev–Trinajstić information content (AvgIpc) is 2.93. The molecule has 2 rings (SSSR count). The van der Waals surface area contributed by atoms with Crippen molar-refractivity contribution in [1.29, 1.82) is 5.26 Å². The van der Waals surface area contributed by atoms with E-state index in [1.54, 1.807) is 35.5 Å². The highest BCUT2D eigenvalue weighted by Gasteiger charge is 2.37. The molecule has 7 nitrogen and oxygen atoms in total. The summed E-state index contributed by atoms with van der Waals surface area (Å²) in [5.41, 5.74) is 2.82.